The molecule has 3 rings (SSSR count). The zero-order valence-electron chi connectivity index (χ0n) is 16.7. The number of nitrogens with one attached hydrogen (secondary N) is 2. The number of hydrogen-bond acceptors (Lipinski definition) is 4. The quantitative estimate of drug-likeness (QED) is 0.574. The summed E-state index contributed by atoms with van der Waals surface area (Å²) in [6, 6.07) is 17.4. The largest absolute Gasteiger partial charge is 0.486 e. The van der Waals surface area contributed by atoms with E-state index < -0.39 is 0 Å². The second-order valence-electron chi connectivity index (χ2n) is 6.95. The molecule has 1 aromatic heterocycles. The number of fused-ring (bicyclic) bond motifs is 1. The molecule has 1 unspecified atom stereocenters. The summed E-state index contributed by atoms with van der Waals surface area (Å²) in [4.78, 5) is 23.9. The van der Waals surface area contributed by atoms with Crippen LogP contribution in [-0.4, -0.2) is 24.4 Å². The molecule has 0 spiro atoms. The molecule has 6 heteroatoms. The Hall–Kier alpha value is -3.28. The molecule has 0 saturated heterocycles. The molecule has 0 aliphatic carbocycles. The Kier molecular flexibility index (Phi) is 6.89. The Morgan fingerprint density at radius 3 is 2.66 bits per heavy atom. The van der Waals surface area contributed by atoms with Crippen molar-refractivity contribution in [3.63, 3.8) is 0 Å². The van der Waals surface area contributed by atoms with Crippen molar-refractivity contribution in [2.45, 2.75) is 39.3 Å². The van der Waals surface area contributed by atoms with E-state index in [-0.39, 0.29) is 43.2 Å². The first kappa shape index (κ1) is 20.5. The van der Waals surface area contributed by atoms with Crippen LogP contribution in [0.4, 0.5) is 0 Å². The molecule has 3 aromatic rings. The lowest BCUT2D eigenvalue weighted by Gasteiger charge is -2.11. The van der Waals surface area contributed by atoms with Gasteiger partial charge in [-0.05, 0) is 48.4 Å². The third-order valence-corrected chi connectivity index (χ3v) is 4.64. The van der Waals surface area contributed by atoms with E-state index >= 15 is 0 Å². The van der Waals surface area contributed by atoms with Crippen molar-refractivity contribution >= 4 is 22.6 Å². The smallest absolute Gasteiger partial charge is 0.287 e. The van der Waals surface area contributed by atoms with E-state index in [0.29, 0.717) is 5.76 Å². The predicted molar refractivity (Wildman–Crippen MR) is 112 cm³/mol. The maximum absolute atomic E-state index is 12.2. The summed E-state index contributed by atoms with van der Waals surface area (Å²) >= 11 is 0. The number of carbonyl (C=O) groups is 2. The van der Waals surface area contributed by atoms with Gasteiger partial charge in [-0.1, -0.05) is 37.3 Å². The van der Waals surface area contributed by atoms with Gasteiger partial charge in [-0.3, -0.25) is 9.59 Å². The number of benzene rings is 2. The molecule has 0 radical (unpaired) electrons. The molecule has 0 aliphatic rings. The third-order valence-electron chi connectivity index (χ3n) is 4.64. The lowest BCUT2D eigenvalue weighted by atomic mass is 10.1. The Morgan fingerprint density at radius 1 is 1.07 bits per heavy atom. The van der Waals surface area contributed by atoms with E-state index in [1.807, 2.05) is 56.3 Å². The van der Waals surface area contributed by atoms with Crippen molar-refractivity contribution in [1.29, 1.82) is 0 Å². The van der Waals surface area contributed by atoms with Crippen molar-refractivity contribution < 1.29 is 18.7 Å². The van der Waals surface area contributed by atoms with Gasteiger partial charge >= 0.3 is 0 Å². The second-order valence-corrected chi connectivity index (χ2v) is 6.95. The van der Waals surface area contributed by atoms with E-state index in [4.69, 9.17) is 9.15 Å². The van der Waals surface area contributed by atoms with Crippen molar-refractivity contribution in [3.8, 4) is 5.75 Å². The monoisotopic (exact) mass is 394 g/mol. The van der Waals surface area contributed by atoms with E-state index in [2.05, 4.69) is 10.6 Å². The molecule has 0 bridgehead atoms. The Balaban J connectivity index is 1.47. The number of carbonyl (C=O) groups excluding carboxylic acids is 2. The van der Waals surface area contributed by atoms with Gasteiger partial charge in [0.1, 0.15) is 18.1 Å². The van der Waals surface area contributed by atoms with Gasteiger partial charge in [0.2, 0.25) is 5.91 Å². The molecule has 0 saturated carbocycles. The Bertz CT molecular complexity index is 980. The maximum atomic E-state index is 12.2. The van der Waals surface area contributed by atoms with E-state index in [1.54, 1.807) is 12.1 Å². The fourth-order valence-corrected chi connectivity index (χ4v) is 2.81. The highest BCUT2D eigenvalue weighted by Gasteiger charge is 2.12. The molecule has 29 heavy (non-hydrogen) atoms. The van der Waals surface area contributed by atoms with Crippen LogP contribution in [0.3, 0.4) is 0 Å². The molecule has 0 fully saturated rings. The lowest BCUT2D eigenvalue weighted by Crippen LogP contribution is -2.35. The second kappa shape index (κ2) is 9.78. The normalized spacial score (nSPS) is 11.8. The summed E-state index contributed by atoms with van der Waals surface area (Å²) in [6.07, 6.45) is 1.10. The minimum Gasteiger partial charge on any atom is -0.486 e. The summed E-state index contributed by atoms with van der Waals surface area (Å²) in [5.41, 5.74) is 0. The zero-order chi connectivity index (χ0) is 20.6. The highest BCUT2D eigenvalue weighted by Crippen LogP contribution is 2.21. The van der Waals surface area contributed by atoms with E-state index in [9.17, 15) is 9.59 Å². The standard InChI is InChI=1S/C23H26N2O4/c1-3-16(2)25-22(26)12-13-24-23(27)21-11-10-20(29-21)15-28-19-9-8-17-6-4-5-7-18(17)14-19/h4-11,14,16H,3,12-13,15H2,1-2H3,(H,24,27)(H,25,26). The molecule has 1 atom stereocenters. The molecule has 6 nitrogen and oxygen atoms in total. The number of furan rings is 1. The fraction of sp³-hybridized carbons (Fsp3) is 0.304. The Morgan fingerprint density at radius 2 is 1.86 bits per heavy atom. The van der Waals surface area contributed by atoms with E-state index in [0.717, 1.165) is 22.9 Å². The van der Waals surface area contributed by atoms with Crippen LogP contribution in [0.1, 0.15) is 43.0 Å². The Labute approximate surface area is 170 Å². The SMILES string of the molecule is CCC(C)NC(=O)CCNC(=O)c1ccc(COc2ccc3ccccc3c2)o1. The van der Waals surface area contributed by atoms with Gasteiger partial charge in [0.05, 0.1) is 0 Å². The fourth-order valence-electron chi connectivity index (χ4n) is 2.81. The first-order valence-electron chi connectivity index (χ1n) is 9.83. The minimum atomic E-state index is -0.349. The number of amides is 2. The number of rotatable bonds is 9. The van der Waals surface area contributed by atoms with Gasteiger partial charge in [-0.2, -0.15) is 0 Å². The van der Waals surface area contributed by atoms with Gasteiger partial charge in [0.15, 0.2) is 5.76 Å². The highest BCUT2D eigenvalue weighted by molar-refractivity contribution is 5.91. The molecule has 0 aliphatic heterocycles. The molecular formula is C23H26N2O4. The van der Waals surface area contributed by atoms with Gasteiger partial charge in [0, 0.05) is 19.0 Å². The van der Waals surface area contributed by atoms with Crippen molar-refractivity contribution in [3.05, 3.63) is 66.1 Å². The van der Waals surface area contributed by atoms with Crippen LogP contribution < -0.4 is 15.4 Å². The molecular weight excluding hydrogens is 368 g/mol. The lowest BCUT2D eigenvalue weighted by molar-refractivity contribution is -0.121. The van der Waals surface area contributed by atoms with Crippen LogP contribution in [0.25, 0.3) is 10.8 Å². The topological polar surface area (TPSA) is 80.6 Å². The summed E-state index contributed by atoms with van der Waals surface area (Å²) in [6.45, 7) is 4.43. The molecule has 2 N–H and O–H groups in total. The molecule has 2 amide bonds. The van der Waals surface area contributed by atoms with Crippen molar-refractivity contribution in [2.24, 2.45) is 0 Å². The van der Waals surface area contributed by atoms with Gasteiger partial charge in [0.25, 0.3) is 5.91 Å². The third kappa shape index (κ3) is 5.85. The first-order valence-corrected chi connectivity index (χ1v) is 9.83. The summed E-state index contributed by atoms with van der Waals surface area (Å²) in [5.74, 6) is 1.06. The molecule has 1 heterocycles. The van der Waals surface area contributed by atoms with Crippen LogP contribution in [0.15, 0.2) is 59.0 Å². The van der Waals surface area contributed by atoms with Gasteiger partial charge < -0.3 is 19.8 Å². The van der Waals surface area contributed by atoms with Crippen LogP contribution in [0.5, 0.6) is 5.75 Å². The van der Waals surface area contributed by atoms with Crippen molar-refractivity contribution in [2.75, 3.05) is 6.54 Å². The number of hydrogen-bond donors (Lipinski definition) is 2. The summed E-state index contributed by atoms with van der Waals surface area (Å²) in [7, 11) is 0. The van der Waals surface area contributed by atoms with Gasteiger partial charge in [-0.15, -0.1) is 0 Å². The maximum Gasteiger partial charge on any atom is 0.287 e. The van der Waals surface area contributed by atoms with Crippen molar-refractivity contribution in [1.82, 2.24) is 10.6 Å². The average Bonchev–Trinajstić information content (AvgIpc) is 3.21. The minimum absolute atomic E-state index is 0.0800. The zero-order valence-corrected chi connectivity index (χ0v) is 16.7. The predicted octanol–water partition coefficient (Wildman–Crippen LogP) is 4.05. The number of ether oxygens (including phenoxy) is 1. The van der Waals surface area contributed by atoms with Crippen LogP contribution in [0, 0.1) is 0 Å². The first-order chi connectivity index (χ1) is 14.0. The van der Waals surface area contributed by atoms with Gasteiger partial charge in [-0.25, -0.2) is 0 Å². The average molecular weight is 394 g/mol. The summed E-state index contributed by atoms with van der Waals surface area (Å²) in [5, 5.41) is 7.80. The summed E-state index contributed by atoms with van der Waals surface area (Å²) < 4.78 is 11.3. The molecule has 152 valence electrons. The van der Waals surface area contributed by atoms with Crippen LogP contribution >= 0.6 is 0 Å². The van der Waals surface area contributed by atoms with E-state index in [1.165, 1.54) is 0 Å². The van der Waals surface area contributed by atoms with Crippen LogP contribution in [0.2, 0.25) is 0 Å². The molecule has 2 aromatic carbocycles. The van der Waals surface area contributed by atoms with Crippen LogP contribution in [-0.2, 0) is 11.4 Å². The highest BCUT2D eigenvalue weighted by atomic mass is 16.5.